The second-order valence-electron chi connectivity index (χ2n) is 7.06. The number of thioether (sulfide) groups is 1. The first kappa shape index (κ1) is 21.8. The summed E-state index contributed by atoms with van der Waals surface area (Å²) in [4.78, 5) is 0. The first-order valence-corrected chi connectivity index (χ1v) is 11.2. The first-order valence-electron chi connectivity index (χ1n) is 10.2. The van der Waals surface area contributed by atoms with Crippen LogP contribution >= 0.6 is 11.8 Å². The largest absolute Gasteiger partial charge is 0.493 e. The third-order valence-electron chi connectivity index (χ3n) is 4.89. The standard InChI is InChI=1S/C25H25N3O3S/c1-18-9-12-21(13-10-18)31-15-16-32-25-27-26-24(19-7-5-4-6-8-19)28(25)20-11-14-22(29-2)23(17-20)30-3/h4-14,17H,15-16H2,1-3H3. The molecule has 0 radical (unpaired) electrons. The lowest BCUT2D eigenvalue weighted by atomic mass is 10.2. The molecule has 0 aliphatic carbocycles. The van der Waals surface area contributed by atoms with E-state index in [1.165, 1.54) is 5.56 Å². The van der Waals surface area contributed by atoms with Gasteiger partial charge < -0.3 is 14.2 Å². The van der Waals surface area contributed by atoms with Gasteiger partial charge in [0.05, 0.1) is 26.5 Å². The van der Waals surface area contributed by atoms with Gasteiger partial charge in [-0.2, -0.15) is 0 Å². The number of hydrogen-bond acceptors (Lipinski definition) is 6. The lowest BCUT2D eigenvalue weighted by molar-refractivity contribution is 0.344. The molecule has 6 nitrogen and oxygen atoms in total. The molecule has 164 valence electrons. The Hall–Kier alpha value is -3.45. The predicted octanol–water partition coefficient (Wildman–Crippen LogP) is 5.43. The molecule has 4 aromatic rings. The number of aromatic nitrogens is 3. The van der Waals surface area contributed by atoms with Gasteiger partial charge in [-0.15, -0.1) is 10.2 Å². The van der Waals surface area contributed by atoms with Crippen LogP contribution in [0.1, 0.15) is 5.56 Å². The van der Waals surface area contributed by atoms with Gasteiger partial charge >= 0.3 is 0 Å². The van der Waals surface area contributed by atoms with Crippen LogP contribution in [0.4, 0.5) is 0 Å². The maximum Gasteiger partial charge on any atom is 0.196 e. The van der Waals surface area contributed by atoms with Crippen molar-refractivity contribution in [1.82, 2.24) is 14.8 Å². The summed E-state index contributed by atoms with van der Waals surface area (Å²) in [6.07, 6.45) is 0. The van der Waals surface area contributed by atoms with Crippen LogP contribution in [0.15, 0.2) is 78.0 Å². The van der Waals surface area contributed by atoms with Gasteiger partial charge in [-0.05, 0) is 31.2 Å². The molecule has 0 saturated carbocycles. The molecule has 4 rings (SSSR count). The molecule has 0 atom stereocenters. The van der Waals surface area contributed by atoms with Crippen molar-refractivity contribution in [2.24, 2.45) is 0 Å². The minimum Gasteiger partial charge on any atom is -0.493 e. The number of aryl methyl sites for hydroxylation is 1. The van der Waals surface area contributed by atoms with Gasteiger partial charge in [0.25, 0.3) is 0 Å². The van der Waals surface area contributed by atoms with Gasteiger partial charge in [0.2, 0.25) is 0 Å². The van der Waals surface area contributed by atoms with E-state index in [4.69, 9.17) is 14.2 Å². The number of methoxy groups -OCH3 is 2. The van der Waals surface area contributed by atoms with E-state index >= 15 is 0 Å². The van der Waals surface area contributed by atoms with Crippen molar-refractivity contribution < 1.29 is 14.2 Å². The Kier molecular flexibility index (Phi) is 6.97. The van der Waals surface area contributed by atoms with E-state index in [1.807, 2.05) is 77.4 Å². The number of ether oxygens (including phenoxy) is 3. The third-order valence-corrected chi connectivity index (χ3v) is 5.79. The summed E-state index contributed by atoms with van der Waals surface area (Å²) in [6.45, 7) is 2.62. The lowest BCUT2D eigenvalue weighted by Gasteiger charge is -2.14. The number of hydrogen-bond donors (Lipinski definition) is 0. The zero-order valence-electron chi connectivity index (χ0n) is 18.3. The Morgan fingerprint density at radius 2 is 1.59 bits per heavy atom. The molecule has 0 bridgehead atoms. The van der Waals surface area contributed by atoms with Crippen molar-refractivity contribution in [3.63, 3.8) is 0 Å². The maximum atomic E-state index is 5.87. The third kappa shape index (κ3) is 4.89. The fraction of sp³-hybridized carbons (Fsp3) is 0.200. The molecule has 0 unspecified atom stereocenters. The highest BCUT2D eigenvalue weighted by molar-refractivity contribution is 7.99. The monoisotopic (exact) mass is 447 g/mol. The SMILES string of the molecule is COc1ccc(-n2c(SCCOc3ccc(C)cc3)nnc2-c2ccccc2)cc1OC. The average molecular weight is 448 g/mol. The van der Waals surface area contributed by atoms with Crippen LogP contribution in [0.5, 0.6) is 17.2 Å². The molecule has 0 fully saturated rings. The summed E-state index contributed by atoms with van der Waals surface area (Å²) in [5.41, 5.74) is 3.09. The van der Waals surface area contributed by atoms with E-state index in [2.05, 4.69) is 17.1 Å². The van der Waals surface area contributed by atoms with E-state index in [0.717, 1.165) is 33.7 Å². The fourth-order valence-corrected chi connectivity index (χ4v) is 4.03. The molecule has 0 spiro atoms. The van der Waals surface area contributed by atoms with Crippen LogP contribution < -0.4 is 14.2 Å². The van der Waals surface area contributed by atoms with E-state index in [1.54, 1.807) is 26.0 Å². The topological polar surface area (TPSA) is 58.4 Å². The van der Waals surface area contributed by atoms with E-state index in [0.29, 0.717) is 18.1 Å². The van der Waals surface area contributed by atoms with Crippen molar-refractivity contribution in [3.8, 4) is 34.3 Å². The van der Waals surface area contributed by atoms with Crippen LogP contribution in [0.3, 0.4) is 0 Å². The second kappa shape index (κ2) is 10.2. The van der Waals surface area contributed by atoms with Crippen molar-refractivity contribution in [1.29, 1.82) is 0 Å². The Labute approximate surface area is 192 Å². The van der Waals surface area contributed by atoms with E-state index < -0.39 is 0 Å². The molecular formula is C25H25N3O3S. The van der Waals surface area contributed by atoms with Gasteiger partial charge in [0.1, 0.15) is 5.75 Å². The van der Waals surface area contributed by atoms with E-state index in [-0.39, 0.29) is 0 Å². The highest BCUT2D eigenvalue weighted by atomic mass is 32.2. The molecule has 32 heavy (non-hydrogen) atoms. The predicted molar refractivity (Wildman–Crippen MR) is 127 cm³/mol. The molecule has 0 amide bonds. The van der Waals surface area contributed by atoms with Crippen molar-refractivity contribution >= 4 is 11.8 Å². The minimum absolute atomic E-state index is 0.563. The number of benzene rings is 3. The summed E-state index contributed by atoms with van der Waals surface area (Å²) < 4.78 is 18.8. The minimum atomic E-state index is 0.563. The molecule has 0 N–H and O–H groups in total. The number of nitrogens with zero attached hydrogens (tertiary/aromatic N) is 3. The Bertz CT molecular complexity index is 1160. The molecule has 0 aliphatic rings. The molecule has 7 heteroatoms. The summed E-state index contributed by atoms with van der Waals surface area (Å²) in [6, 6.07) is 23.9. The van der Waals surface area contributed by atoms with Crippen LogP contribution in [0.25, 0.3) is 17.1 Å². The zero-order valence-corrected chi connectivity index (χ0v) is 19.1. The van der Waals surface area contributed by atoms with Crippen molar-refractivity contribution in [2.45, 2.75) is 12.1 Å². The molecule has 0 saturated heterocycles. The molecule has 0 aliphatic heterocycles. The van der Waals surface area contributed by atoms with Crippen LogP contribution in [0.2, 0.25) is 0 Å². The summed E-state index contributed by atoms with van der Waals surface area (Å²) in [5, 5.41) is 9.74. The van der Waals surface area contributed by atoms with Crippen molar-refractivity contribution in [2.75, 3.05) is 26.6 Å². The van der Waals surface area contributed by atoms with Crippen molar-refractivity contribution in [3.05, 3.63) is 78.4 Å². The first-order chi connectivity index (χ1) is 15.7. The normalized spacial score (nSPS) is 10.7. The average Bonchev–Trinajstić information content (AvgIpc) is 3.27. The molecule has 1 aromatic heterocycles. The Balaban J connectivity index is 1.60. The van der Waals surface area contributed by atoms with Crippen LogP contribution in [-0.4, -0.2) is 41.3 Å². The summed E-state index contributed by atoms with van der Waals surface area (Å²) in [7, 11) is 3.25. The fourth-order valence-electron chi connectivity index (χ4n) is 3.26. The van der Waals surface area contributed by atoms with Gasteiger partial charge in [-0.25, -0.2) is 0 Å². The number of rotatable bonds is 9. The van der Waals surface area contributed by atoms with Gasteiger partial charge in [-0.3, -0.25) is 4.57 Å². The second-order valence-corrected chi connectivity index (χ2v) is 8.12. The maximum absolute atomic E-state index is 5.87. The van der Waals surface area contributed by atoms with Gasteiger partial charge in [0, 0.05) is 17.4 Å². The molecular weight excluding hydrogens is 422 g/mol. The zero-order chi connectivity index (χ0) is 22.3. The summed E-state index contributed by atoms with van der Waals surface area (Å²) in [5.74, 6) is 3.68. The van der Waals surface area contributed by atoms with Crippen LogP contribution in [0, 0.1) is 6.92 Å². The lowest BCUT2D eigenvalue weighted by Crippen LogP contribution is -2.04. The Morgan fingerprint density at radius 3 is 2.31 bits per heavy atom. The molecule has 3 aromatic carbocycles. The smallest absolute Gasteiger partial charge is 0.196 e. The highest BCUT2D eigenvalue weighted by Gasteiger charge is 2.17. The Morgan fingerprint density at radius 1 is 0.844 bits per heavy atom. The van der Waals surface area contributed by atoms with Gasteiger partial charge in [0.15, 0.2) is 22.5 Å². The highest BCUT2D eigenvalue weighted by Crippen LogP contribution is 2.33. The summed E-state index contributed by atoms with van der Waals surface area (Å²) >= 11 is 1.60. The van der Waals surface area contributed by atoms with E-state index in [9.17, 15) is 0 Å². The quantitative estimate of drug-likeness (QED) is 0.252. The van der Waals surface area contributed by atoms with Crippen LogP contribution in [-0.2, 0) is 0 Å². The van der Waals surface area contributed by atoms with Gasteiger partial charge in [-0.1, -0.05) is 59.8 Å². The molecule has 1 heterocycles.